The van der Waals surface area contributed by atoms with E-state index in [1.54, 1.807) is 4.31 Å². The molecular weight excluding hydrogens is 286 g/mol. The number of rotatable bonds is 6. The van der Waals surface area contributed by atoms with Gasteiger partial charge in [-0.1, -0.05) is 19.3 Å². The quantitative estimate of drug-likeness (QED) is 0.783. The topological polar surface area (TPSA) is 61.4 Å². The third-order valence-electron chi connectivity index (χ3n) is 5.01. The van der Waals surface area contributed by atoms with E-state index in [0.717, 1.165) is 45.1 Å². The maximum atomic E-state index is 12.5. The molecule has 1 atom stereocenters. The van der Waals surface area contributed by atoms with E-state index in [1.807, 2.05) is 0 Å². The maximum absolute atomic E-state index is 12.5. The summed E-state index contributed by atoms with van der Waals surface area (Å²) >= 11 is 0. The Hall–Kier alpha value is -0.170. The van der Waals surface area contributed by atoms with Crippen molar-refractivity contribution in [2.45, 2.75) is 69.9 Å². The normalized spacial score (nSPS) is 29.6. The van der Waals surface area contributed by atoms with Crippen LogP contribution in [0.2, 0.25) is 0 Å². The molecule has 0 amide bonds. The average molecular weight is 315 g/mol. The number of nitrogens with zero attached hydrogens (tertiary/aromatic N) is 1. The Morgan fingerprint density at radius 2 is 1.67 bits per heavy atom. The summed E-state index contributed by atoms with van der Waals surface area (Å²) in [5.74, 6) is 0.474. The molecule has 0 aromatic heterocycles. The Morgan fingerprint density at radius 1 is 0.905 bits per heavy atom. The van der Waals surface area contributed by atoms with Gasteiger partial charge in [0.15, 0.2) is 0 Å². The molecule has 0 bridgehead atoms. The molecule has 122 valence electrons. The van der Waals surface area contributed by atoms with Gasteiger partial charge in [-0.15, -0.1) is 0 Å². The highest BCUT2D eigenvalue weighted by Crippen LogP contribution is 2.23. The second kappa shape index (κ2) is 6.94. The van der Waals surface area contributed by atoms with Crippen LogP contribution in [0, 0.1) is 5.92 Å². The van der Waals surface area contributed by atoms with Crippen molar-refractivity contribution in [1.29, 1.82) is 0 Å². The molecule has 1 saturated heterocycles. The molecule has 1 unspecified atom stereocenters. The van der Waals surface area contributed by atoms with Crippen molar-refractivity contribution in [3.8, 4) is 0 Å². The van der Waals surface area contributed by atoms with Crippen molar-refractivity contribution in [1.82, 2.24) is 14.3 Å². The minimum atomic E-state index is -3.28. The van der Waals surface area contributed by atoms with Crippen molar-refractivity contribution in [3.05, 3.63) is 0 Å². The molecule has 21 heavy (non-hydrogen) atoms. The van der Waals surface area contributed by atoms with Gasteiger partial charge in [-0.25, -0.2) is 0 Å². The van der Waals surface area contributed by atoms with Crippen LogP contribution in [0.3, 0.4) is 0 Å². The van der Waals surface area contributed by atoms with Gasteiger partial charge in [-0.2, -0.15) is 17.4 Å². The van der Waals surface area contributed by atoms with Crippen molar-refractivity contribution in [2.75, 3.05) is 19.6 Å². The third-order valence-corrected chi connectivity index (χ3v) is 6.66. The molecule has 0 aromatic carbocycles. The Kier molecular flexibility index (Phi) is 5.19. The summed E-state index contributed by atoms with van der Waals surface area (Å²) in [6, 6.07) is 0.867. The zero-order valence-corrected chi connectivity index (χ0v) is 13.7. The Bertz CT molecular complexity index is 430. The Labute approximate surface area is 129 Å². The first-order valence-electron chi connectivity index (χ1n) is 8.64. The highest BCUT2D eigenvalue weighted by molar-refractivity contribution is 7.87. The maximum Gasteiger partial charge on any atom is 0.279 e. The van der Waals surface area contributed by atoms with Crippen LogP contribution in [-0.2, 0) is 10.2 Å². The number of piperidine rings is 1. The summed E-state index contributed by atoms with van der Waals surface area (Å²) in [6.45, 7) is 2.34. The summed E-state index contributed by atoms with van der Waals surface area (Å²) in [7, 11) is -3.28. The van der Waals surface area contributed by atoms with Gasteiger partial charge in [-0.05, 0) is 51.0 Å². The zero-order valence-electron chi connectivity index (χ0n) is 12.9. The lowest BCUT2D eigenvalue weighted by Crippen LogP contribution is -2.50. The van der Waals surface area contributed by atoms with Crippen LogP contribution in [0.15, 0.2) is 0 Å². The van der Waals surface area contributed by atoms with Gasteiger partial charge < -0.3 is 5.32 Å². The lowest BCUT2D eigenvalue weighted by atomic mass is 9.96. The first-order valence-corrected chi connectivity index (χ1v) is 10.1. The average Bonchev–Trinajstić information content (AvgIpc) is 3.30. The van der Waals surface area contributed by atoms with Gasteiger partial charge in [0.1, 0.15) is 0 Å². The lowest BCUT2D eigenvalue weighted by molar-refractivity contribution is 0.254. The van der Waals surface area contributed by atoms with E-state index in [2.05, 4.69) is 10.0 Å². The van der Waals surface area contributed by atoms with Gasteiger partial charge in [0, 0.05) is 25.2 Å². The Balaban J connectivity index is 1.50. The van der Waals surface area contributed by atoms with Gasteiger partial charge in [0.2, 0.25) is 0 Å². The molecule has 1 heterocycles. The standard InChI is InChI=1S/C15H29N3O2S/c19-21(20,17-15-6-2-1-3-7-15)18-10-4-5-13(12-18)11-16-14-8-9-14/h13-17H,1-12H2. The fourth-order valence-electron chi connectivity index (χ4n) is 3.54. The van der Waals surface area contributed by atoms with Crippen LogP contribution in [0.25, 0.3) is 0 Å². The highest BCUT2D eigenvalue weighted by atomic mass is 32.2. The second-order valence-corrected chi connectivity index (χ2v) is 8.71. The summed E-state index contributed by atoms with van der Waals surface area (Å²) in [5, 5.41) is 3.54. The molecule has 0 radical (unpaired) electrons. The molecule has 3 aliphatic rings. The molecule has 0 aromatic rings. The van der Waals surface area contributed by atoms with E-state index in [9.17, 15) is 8.42 Å². The molecule has 0 spiro atoms. The molecule has 3 fully saturated rings. The van der Waals surface area contributed by atoms with Crippen LogP contribution in [0.5, 0.6) is 0 Å². The van der Waals surface area contributed by atoms with Crippen molar-refractivity contribution in [2.24, 2.45) is 5.92 Å². The predicted molar refractivity (Wildman–Crippen MR) is 84.3 cm³/mol. The van der Waals surface area contributed by atoms with Crippen molar-refractivity contribution >= 4 is 10.2 Å². The van der Waals surface area contributed by atoms with Crippen molar-refractivity contribution < 1.29 is 8.42 Å². The molecule has 6 heteroatoms. The molecule has 3 rings (SSSR count). The Morgan fingerprint density at radius 3 is 2.38 bits per heavy atom. The number of nitrogens with one attached hydrogen (secondary N) is 2. The molecule has 2 N–H and O–H groups in total. The monoisotopic (exact) mass is 315 g/mol. The van der Waals surface area contributed by atoms with E-state index in [1.165, 1.54) is 19.3 Å². The van der Waals surface area contributed by atoms with E-state index >= 15 is 0 Å². The van der Waals surface area contributed by atoms with Crippen LogP contribution in [-0.4, -0.2) is 44.4 Å². The van der Waals surface area contributed by atoms with Crippen LogP contribution in [0.1, 0.15) is 57.8 Å². The number of hydrogen-bond acceptors (Lipinski definition) is 3. The smallest absolute Gasteiger partial charge is 0.279 e. The molecular formula is C15H29N3O2S. The molecule has 2 aliphatic carbocycles. The molecule has 1 aliphatic heterocycles. The van der Waals surface area contributed by atoms with E-state index < -0.39 is 10.2 Å². The SMILES string of the molecule is O=S(=O)(NC1CCCCC1)N1CCCC(CNC2CC2)C1. The first-order chi connectivity index (χ1) is 10.1. The minimum Gasteiger partial charge on any atom is -0.314 e. The summed E-state index contributed by atoms with van der Waals surface area (Å²) in [5.41, 5.74) is 0. The molecule has 2 saturated carbocycles. The zero-order chi connectivity index (χ0) is 14.7. The molecule has 5 nitrogen and oxygen atoms in total. The largest absolute Gasteiger partial charge is 0.314 e. The fraction of sp³-hybridized carbons (Fsp3) is 1.00. The van der Waals surface area contributed by atoms with Gasteiger partial charge in [-0.3, -0.25) is 0 Å². The fourth-order valence-corrected chi connectivity index (χ4v) is 5.12. The van der Waals surface area contributed by atoms with E-state index in [4.69, 9.17) is 0 Å². The van der Waals surface area contributed by atoms with Crippen LogP contribution >= 0.6 is 0 Å². The second-order valence-electron chi connectivity index (χ2n) is 7.01. The summed E-state index contributed by atoms with van der Waals surface area (Å²) < 4.78 is 29.7. The van der Waals surface area contributed by atoms with Crippen LogP contribution in [0.4, 0.5) is 0 Å². The third kappa shape index (κ3) is 4.65. The highest BCUT2D eigenvalue weighted by Gasteiger charge is 2.31. The van der Waals surface area contributed by atoms with Gasteiger partial charge in [0.25, 0.3) is 10.2 Å². The van der Waals surface area contributed by atoms with Gasteiger partial charge in [0.05, 0.1) is 0 Å². The lowest BCUT2D eigenvalue weighted by Gasteiger charge is -2.34. The first kappa shape index (κ1) is 15.7. The predicted octanol–water partition coefficient (Wildman–Crippen LogP) is 1.62. The summed E-state index contributed by atoms with van der Waals surface area (Å²) in [6.07, 6.45) is 10.3. The van der Waals surface area contributed by atoms with E-state index in [-0.39, 0.29) is 6.04 Å². The van der Waals surface area contributed by atoms with E-state index in [0.29, 0.717) is 25.0 Å². The summed E-state index contributed by atoms with van der Waals surface area (Å²) in [4.78, 5) is 0. The number of hydrogen-bond donors (Lipinski definition) is 2. The minimum absolute atomic E-state index is 0.161. The van der Waals surface area contributed by atoms with Crippen molar-refractivity contribution in [3.63, 3.8) is 0 Å². The van der Waals surface area contributed by atoms with Gasteiger partial charge >= 0.3 is 0 Å². The van der Waals surface area contributed by atoms with Crippen LogP contribution < -0.4 is 10.0 Å².